The van der Waals surface area contributed by atoms with Crippen LogP contribution in [0.25, 0.3) is 0 Å². The fourth-order valence-corrected chi connectivity index (χ4v) is 3.59. The van der Waals surface area contributed by atoms with E-state index in [1.54, 1.807) is 0 Å². The molecule has 0 bridgehead atoms. The lowest BCUT2D eigenvalue weighted by molar-refractivity contribution is -0.0949. The summed E-state index contributed by atoms with van der Waals surface area (Å²) in [6, 6.07) is 0.599. The van der Waals surface area contributed by atoms with Crippen molar-refractivity contribution in [1.82, 2.24) is 15.3 Å². The highest BCUT2D eigenvalue weighted by atomic mass is 16.5. The van der Waals surface area contributed by atoms with E-state index in [-0.39, 0.29) is 23.7 Å². The monoisotopic (exact) mass is 357 g/mol. The number of hydrogen-bond donors (Lipinski definition) is 2. The molecule has 0 radical (unpaired) electrons. The largest absolute Gasteiger partial charge is 0.388 e. The molecule has 0 aromatic carbocycles. The summed E-state index contributed by atoms with van der Waals surface area (Å²) in [5.41, 5.74) is 2.60. The first kappa shape index (κ1) is 22.8. The van der Waals surface area contributed by atoms with E-state index >= 15 is 0 Å². The van der Waals surface area contributed by atoms with Crippen molar-refractivity contribution in [3.05, 3.63) is 0 Å². The van der Waals surface area contributed by atoms with Crippen molar-refractivity contribution in [3.63, 3.8) is 0 Å². The Hall–Kier alpha value is -0.200. The van der Waals surface area contributed by atoms with Crippen LogP contribution in [-0.4, -0.2) is 70.6 Å². The zero-order valence-corrected chi connectivity index (χ0v) is 18.1. The summed E-state index contributed by atoms with van der Waals surface area (Å²) in [5.74, 6) is 0.143. The first-order valence-electron chi connectivity index (χ1n) is 9.98. The van der Waals surface area contributed by atoms with Crippen molar-refractivity contribution in [3.8, 4) is 0 Å². The second-order valence-corrected chi connectivity index (χ2v) is 9.37. The zero-order chi connectivity index (χ0) is 19.4. The van der Waals surface area contributed by atoms with Gasteiger partial charge in [-0.25, -0.2) is 10.4 Å². The molecule has 1 heterocycles. The van der Waals surface area contributed by atoms with Crippen molar-refractivity contribution in [2.75, 3.05) is 26.2 Å². The molecule has 0 spiro atoms. The molecule has 0 saturated carbocycles. The van der Waals surface area contributed by atoms with Crippen LogP contribution in [-0.2, 0) is 4.74 Å². The Balaban J connectivity index is 2.50. The Labute approximate surface area is 156 Å². The molecule has 2 N–H and O–H groups in total. The summed E-state index contributed by atoms with van der Waals surface area (Å²) >= 11 is 0. The van der Waals surface area contributed by atoms with E-state index < -0.39 is 5.60 Å². The topological polar surface area (TPSA) is 48.0 Å². The number of piperazine rings is 1. The van der Waals surface area contributed by atoms with Crippen molar-refractivity contribution >= 4 is 0 Å². The van der Waals surface area contributed by atoms with Crippen LogP contribution in [0, 0.1) is 5.92 Å². The molecule has 1 saturated heterocycles. The van der Waals surface area contributed by atoms with Gasteiger partial charge in [0.1, 0.15) is 0 Å². The number of ether oxygens (including phenoxy) is 1. The van der Waals surface area contributed by atoms with Crippen LogP contribution in [0.15, 0.2) is 0 Å². The Kier molecular flexibility index (Phi) is 8.35. The molecule has 1 fully saturated rings. The summed E-state index contributed by atoms with van der Waals surface area (Å²) < 4.78 is 6.02. The molecule has 0 aromatic heterocycles. The average Bonchev–Trinajstić information content (AvgIpc) is 2.45. The van der Waals surface area contributed by atoms with Gasteiger partial charge in [0, 0.05) is 38.3 Å². The first-order chi connectivity index (χ1) is 11.3. The third kappa shape index (κ3) is 7.51. The van der Waals surface area contributed by atoms with Crippen molar-refractivity contribution in [2.45, 2.75) is 98.1 Å². The van der Waals surface area contributed by atoms with E-state index in [0.717, 1.165) is 32.6 Å². The maximum absolute atomic E-state index is 11.1. The van der Waals surface area contributed by atoms with E-state index in [1.807, 2.05) is 6.92 Å². The molecule has 4 atom stereocenters. The van der Waals surface area contributed by atoms with Crippen molar-refractivity contribution < 1.29 is 9.84 Å². The number of hydrogen-bond acceptors (Lipinski definition) is 5. The molecule has 0 aromatic rings. The van der Waals surface area contributed by atoms with Crippen molar-refractivity contribution in [1.29, 1.82) is 0 Å². The average molecular weight is 358 g/mol. The van der Waals surface area contributed by atoms with E-state index in [1.165, 1.54) is 0 Å². The normalized spacial score (nSPS) is 24.1. The highest BCUT2D eigenvalue weighted by molar-refractivity contribution is 4.90. The summed E-state index contributed by atoms with van der Waals surface area (Å²) in [6.07, 6.45) is 0.973. The van der Waals surface area contributed by atoms with Crippen LogP contribution in [0.4, 0.5) is 0 Å². The Morgan fingerprint density at radius 2 is 1.48 bits per heavy atom. The molecule has 0 aliphatic carbocycles. The third-order valence-electron chi connectivity index (χ3n) is 5.54. The lowest BCUT2D eigenvalue weighted by Gasteiger charge is -2.43. The maximum atomic E-state index is 11.1. The van der Waals surface area contributed by atoms with Gasteiger partial charge in [0.25, 0.3) is 0 Å². The minimum Gasteiger partial charge on any atom is -0.388 e. The Bertz CT molecular complexity index is 385. The zero-order valence-electron chi connectivity index (χ0n) is 18.1. The van der Waals surface area contributed by atoms with Crippen LogP contribution < -0.4 is 5.43 Å². The lowest BCUT2D eigenvalue weighted by Crippen LogP contribution is -2.61. The number of nitrogens with one attached hydrogen (secondary N) is 1. The number of aliphatic hydroxyl groups is 1. The lowest BCUT2D eigenvalue weighted by atomic mass is 9.81. The predicted molar refractivity (Wildman–Crippen MR) is 106 cm³/mol. The Morgan fingerprint density at radius 3 is 1.92 bits per heavy atom. The van der Waals surface area contributed by atoms with Gasteiger partial charge in [-0.1, -0.05) is 6.92 Å². The van der Waals surface area contributed by atoms with Gasteiger partial charge >= 0.3 is 0 Å². The summed E-state index contributed by atoms with van der Waals surface area (Å²) in [7, 11) is 0. The summed E-state index contributed by atoms with van der Waals surface area (Å²) in [6.45, 7) is 23.1. The van der Waals surface area contributed by atoms with E-state index in [9.17, 15) is 5.11 Å². The second-order valence-electron chi connectivity index (χ2n) is 9.37. The minimum absolute atomic E-state index is 0.00469. The molecule has 0 amide bonds. The van der Waals surface area contributed by atoms with Crippen LogP contribution in [0.1, 0.15) is 68.7 Å². The highest BCUT2D eigenvalue weighted by Gasteiger charge is 2.37. The van der Waals surface area contributed by atoms with E-state index in [0.29, 0.717) is 6.04 Å². The molecule has 5 heteroatoms. The Morgan fingerprint density at radius 1 is 0.960 bits per heavy atom. The highest BCUT2D eigenvalue weighted by Crippen LogP contribution is 2.27. The fourth-order valence-electron chi connectivity index (χ4n) is 3.59. The SMILES string of the molecule is CC(CC(C)C(C)(O)C(C)NN1CCN(C(C)C)CC1)OC(C)(C)C. The molecule has 4 unspecified atom stereocenters. The quantitative estimate of drug-likeness (QED) is 0.699. The van der Waals surface area contributed by atoms with Gasteiger partial charge in [-0.3, -0.25) is 4.90 Å². The van der Waals surface area contributed by atoms with Crippen molar-refractivity contribution in [2.24, 2.45) is 5.92 Å². The summed E-state index contributed by atoms with van der Waals surface area (Å²) in [5, 5.41) is 13.4. The molecule has 5 nitrogen and oxygen atoms in total. The van der Waals surface area contributed by atoms with E-state index in [4.69, 9.17) is 4.74 Å². The van der Waals surface area contributed by atoms with Gasteiger partial charge in [0.05, 0.1) is 17.3 Å². The third-order valence-corrected chi connectivity index (χ3v) is 5.54. The molecular formula is C20H43N3O2. The van der Waals surface area contributed by atoms with Gasteiger partial charge in [-0.05, 0) is 67.7 Å². The predicted octanol–water partition coefficient (Wildman–Crippen LogP) is 2.89. The maximum Gasteiger partial charge on any atom is 0.0809 e. The van der Waals surface area contributed by atoms with Gasteiger partial charge in [-0.15, -0.1) is 0 Å². The fraction of sp³-hybridized carbons (Fsp3) is 1.00. The van der Waals surface area contributed by atoms with Gasteiger partial charge in [-0.2, -0.15) is 0 Å². The molecule has 150 valence electrons. The standard InChI is InChI=1S/C20H43N3O2/c1-15(2)22-10-12-23(13-11-22)21-18(5)20(9,24)16(3)14-17(4)25-19(6,7)8/h15-18,21,24H,10-14H2,1-9H3. The second kappa shape index (κ2) is 9.14. The minimum atomic E-state index is -0.787. The molecule has 25 heavy (non-hydrogen) atoms. The number of hydrazine groups is 1. The first-order valence-corrected chi connectivity index (χ1v) is 9.98. The van der Waals surface area contributed by atoms with Gasteiger partial charge < -0.3 is 9.84 Å². The smallest absolute Gasteiger partial charge is 0.0809 e. The summed E-state index contributed by atoms with van der Waals surface area (Å²) in [4.78, 5) is 2.50. The molecule has 1 rings (SSSR count). The van der Waals surface area contributed by atoms with Crippen LogP contribution >= 0.6 is 0 Å². The van der Waals surface area contributed by atoms with Gasteiger partial charge in [0.2, 0.25) is 0 Å². The number of rotatable bonds is 8. The van der Waals surface area contributed by atoms with Crippen LogP contribution in [0.3, 0.4) is 0 Å². The van der Waals surface area contributed by atoms with E-state index in [2.05, 4.69) is 70.7 Å². The van der Waals surface area contributed by atoms with Gasteiger partial charge in [0.15, 0.2) is 0 Å². The molecular weight excluding hydrogens is 314 g/mol. The molecule has 1 aliphatic heterocycles. The van der Waals surface area contributed by atoms with Crippen LogP contribution in [0.5, 0.6) is 0 Å². The van der Waals surface area contributed by atoms with Crippen LogP contribution in [0.2, 0.25) is 0 Å². The number of nitrogens with zero attached hydrogens (tertiary/aromatic N) is 2. The molecule has 1 aliphatic rings.